The summed E-state index contributed by atoms with van der Waals surface area (Å²) >= 11 is 0. The highest BCUT2D eigenvalue weighted by atomic mass is 19.4. The van der Waals surface area contributed by atoms with Crippen molar-refractivity contribution in [2.75, 3.05) is 13.1 Å². The Labute approximate surface area is 253 Å². The molecule has 1 aromatic carbocycles. The molecule has 2 heterocycles. The summed E-state index contributed by atoms with van der Waals surface area (Å²) < 4.78 is 43.8. The van der Waals surface area contributed by atoms with Crippen molar-refractivity contribution in [3.8, 4) is 5.75 Å². The van der Waals surface area contributed by atoms with Crippen LogP contribution in [-0.4, -0.2) is 74.6 Å². The van der Waals surface area contributed by atoms with Gasteiger partial charge in [-0.3, -0.25) is 14.6 Å². The number of rotatable bonds is 9. The molecule has 2 atom stereocenters. The minimum atomic E-state index is -5.36. The van der Waals surface area contributed by atoms with Gasteiger partial charge in [-0.15, -0.1) is 0 Å². The summed E-state index contributed by atoms with van der Waals surface area (Å²) in [5, 5.41) is 9.66. The maximum absolute atomic E-state index is 13.8. The predicted molar refractivity (Wildman–Crippen MR) is 151 cm³/mol. The number of likely N-dealkylation sites (tertiary alicyclic amines) is 1. The van der Waals surface area contributed by atoms with Crippen molar-refractivity contribution in [1.82, 2.24) is 20.3 Å². The minimum absolute atomic E-state index is 0.0439. The van der Waals surface area contributed by atoms with E-state index in [1.165, 1.54) is 10.4 Å². The van der Waals surface area contributed by atoms with Crippen LogP contribution in [0, 0.1) is 13.8 Å². The lowest BCUT2D eigenvalue weighted by atomic mass is 9.81. The number of hydrogen-bond acceptors (Lipinski definition) is 7. The highest BCUT2D eigenvalue weighted by molar-refractivity contribution is 5.94. The Morgan fingerprint density at radius 1 is 1.11 bits per heavy atom. The van der Waals surface area contributed by atoms with Crippen molar-refractivity contribution < 1.29 is 47.0 Å². The van der Waals surface area contributed by atoms with Crippen LogP contribution in [0.2, 0.25) is 0 Å². The van der Waals surface area contributed by atoms with Crippen LogP contribution in [0.4, 0.5) is 18.0 Å². The van der Waals surface area contributed by atoms with Gasteiger partial charge in [0.15, 0.2) is 0 Å². The molecule has 44 heavy (non-hydrogen) atoms. The van der Waals surface area contributed by atoms with Crippen LogP contribution in [0.15, 0.2) is 36.4 Å². The van der Waals surface area contributed by atoms with Crippen LogP contribution in [0.5, 0.6) is 5.75 Å². The van der Waals surface area contributed by atoms with Crippen LogP contribution in [0.1, 0.15) is 63.1 Å². The summed E-state index contributed by atoms with van der Waals surface area (Å²) in [5.41, 5.74) is 2.83. The number of hydrogen-bond donors (Lipinski definition) is 2. The van der Waals surface area contributed by atoms with E-state index in [-0.39, 0.29) is 25.9 Å². The number of carbonyl (C=O) groups is 4. The number of ether oxygens (including phenoxy) is 1. The van der Waals surface area contributed by atoms with Gasteiger partial charge in [-0.05, 0) is 89.8 Å². The summed E-state index contributed by atoms with van der Waals surface area (Å²) in [7, 11) is 0. The maximum atomic E-state index is 13.8. The number of nitrogens with zero attached hydrogens (tertiary/aromatic N) is 3. The topological polar surface area (TPSA) is 138 Å². The average Bonchev–Trinajstić information content (AvgIpc) is 3.21. The number of carboxylic acid groups (broad SMARTS) is 1. The number of nitrogens with one attached hydrogen (secondary N) is 1. The lowest BCUT2D eigenvalue weighted by Gasteiger charge is -2.35. The standard InChI is InChI=1S/C30H37F3N4O7/c1-18-15-20(16-19(2)34-18)17-43-22-9-7-21(8-10-22)29(6)12-14-36(25(29)39)23(11-13-37(27(41)42)28(3,4)5)24(38)35-44-26(40)30(31,32)33/h7-10,15-16,23H,11-14,17H2,1-6H3,(H,35,38)(H,41,42). The van der Waals surface area contributed by atoms with E-state index in [0.717, 1.165) is 21.9 Å². The summed E-state index contributed by atoms with van der Waals surface area (Å²) in [4.78, 5) is 60.4. The average molecular weight is 623 g/mol. The molecule has 2 N–H and O–H groups in total. The first-order valence-corrected chi connectivity index (χ1v) is 13.9. The molecule has 0 spiro atoms. The first-order chi connectivity index (χ1) is 20.3. The number of hydroxylamine groups is 1. The summed E-state index contributed by atoms with van der Waals surface area (Å²) in [6, 6.07) is 9.30. The molecule has 0 radical (unpaired) electrons. The van der Waals surface area contributed by atoms with E-state index in [1.807, 2.05) is 26.0 Å². The largest absolute Gasteiger partial charge is 0.493 e. The van der Waals surface area contributed by atoms with Crippen molar-refractivity contribution in [1.29, 1.82) is 0 Å². The lowest BCUT2D eigenvalue weighted by molar-refractivity contribution is -0.208. The van der Waals surface area contributed by atoms with Crippen molar-refractivity contribution in [2.45, 2.75) is 84.2 Å². The van der Waals surface area contributed by atoms with E-state index in [1.54, 1.807) is 52.0 Å². The van der Waals surface area contributed by atoms with Gasteiger partial charge in [0.05, 0.1) is 5.41 Å². The molecule has 1 aliphatic heterocycles. The maximum Gasteiger partial charge on any atom is 0.493 e. The first kappa shape index (κ1) is 34.1. The molecule has 1 aromatic heterocycles. The molecule has 3 rings (SSSR count). The molecule has 1 saturated heterocycles. The number of alkyl halides is 3. The summed E-state index contributed by atoms with van der Waals surface area (Å²) in [5.74, 6) is -3.76. The number of amides is 3. The van der Waals surface area contributed by atoms with Gasteiger partial charge < -0.3 is 24.5 Å². The zero-order valence-electron chi connectivity index (χ0n) is 25.4. The van der Waals surface area contributed by atoms with Gasteiger partial charge in [-0.2, -0.15) is 18.7 Å². The first-order valence-electron chi connectivity index (χ1n) is 13.9. The monoisotopic (exact) mass is 622 g/mol. The van der Waals surface area contributed by atoms with Crippen LogP contribution in [-0.2, 0) is 31.2 Å². The highest BCUT2D eigenvalue weighted by Gasteiger charge is 2.48. The fourth-order valence-corrected chi connectivity index (χ4v) is 5.15. The van der Waals surface area contributed by atoms with Crippen molar-refractivity contribution >= 4 is 23.9 Å². The zero-order valence-corrected chi connectivity index (χ0v) is 25.4. The third-order valence-corrected chi connectivity index (χ3v) is 7.45. The molecule has 0 bridgehead atoms. The second kappa shape index (κ2) is 13.1. The number of carbonyl (C=O) groups excluding carboxylic acids is 3. The third kappa shape index (κ3) is 8.17. The van der Waals surface area contributed by atoms with Crippen molar-refractivity contribution in [2.24, 2.45) is 0 Å². The van der Waals surface area contributed by atoms with Gasteiger partial charge in [0.25, 0.3) is 5.91 Å². The Morgan fingerprint density at radius 3 is 2.23 bits per heavy atom. The molecule has 240 valence electrons. The number of benzene rings is 1. The van der Waals surface area contributed by atoms with Gasteiger partial charge in [0.2, 0.25) is 5.91 Å². The van der Waals surface area contributed by atoms with Crippen LogP contribution < -0.4 is 10.2 Å². The normalized spacial score (nSPS) is 17.7. The van der Waals surface area contributed by atoms with Gasteiger partial charge in [-0.1, -0.05) is 12.1 Å². The Morgan fingerprint density at radius 2 is 1.70 bits per heavy atom. The molecular weight excluding hydrogens is 585 g/mol. The SMILES string of the molecule is Cc1cc(COc2ccc(C3(C)CCN(C(CCN(C(=O)O)C(C)(C)C)C(=O)NOC(=O)C(F)(F)F)C3=O)cc2)cc(C)n1. The van der Waals surface area contributed by atoms with Crippen LogP contribution in [0.3, 0.4) is 0 Å². The molecular formula is C30H37F3N4O7. The van der Waals surface area contributed by atoms with E-state index in [2.05, 4.69) is 9.82 Å². The second-order valence-electron chi connectivity index (χ2n) is 11.9. The van der Waals surface area contributed by atoms with E-state index in [0.29, 0.717) is 17.9 Å². The Balaban J connectivity index is 1.79. The quantitative estimate of drug-likeness (QED) is 0.392. The fourth-order valence-electron chi connectivity index (χ4n) is 5.15. The van der Waals surface area contributed by atoms with E-state index < -0.39 is 47.0 Å². The predicted octanol–water partition coefficient (Wildman–Crippen LogP) is 4.44. The molecule has 1 aliphatic rings. The van der Waals surface area contributed by atoms with Crippen molar-refractivity contribution in [3.05, 3.63) is 58.9 Å². The Kier molecular flexibility index (Phi) is 10.2. The van der Waals surface area contributed by atoms with Gasteiger partial charge in [0, 0.05) is 30.0 Å². The highest BCUT2D eigenvalue weighted by Crippen LogP contribution is 2.38. The van der Waals surface area contributed by atoms with E-state index in [9.17, 15) is 37.5 Å². The fraction of sp³-hybridized carbons (Fsp3) is 0.500. The minimum Gasteiger partial charge on any atom is -0.489 e. The smallest absolute Gasteiger partial charge is 0.489 e. The third-order valence-electron chi connectivity index (χ3n) is 7.45. The molecule has 2 unspecified atom stereocenters. The van der Waals surface area contributed by atoms with E-state index in [4.69, 9.17) is 4.74 Å². The second-order valence-corrected chi connectivity index (χ2v) is 11.9. The number of pyridine rings is 1. The molecule has 0 aliphatic carbocycles. The van der Waals surface area contributed by atoms with Crippen molar-refractivity contribution in [3.63, 3.8) is 0 Å². The zero-order chi connectivity index (χ0) is 33.0. The molecule has 11 nitrogen and oxygen atoms in total. The van der Waals surface area contributed by atoms with Gasteiger partial charge in [-0.25, -0.2) is 9.59 Å². The number of halogens is 3. The number of aryl methyl sites for hydroxylation is 2. The van der Waals surface area contributed by atoms with Crippen LogP contribution >= 0.6 is 0 Å². The summed E-state index contributed by atoms with van der Waals surface area (Å²) in [6.07, 6.45) is -6.64. The molecule has 0 saturated carbocycles. The Bertz CT molecular complexity index is 1370. The lowest BCUT2D eigenvalue weighted by Crippen LogP contribution is -2.53. The number of aromatic nitrogens is 1. The van der Waals surface area contributed by atoms with E-state index >= 15 is 0 Å². The van der Waals surface area contributed by atoms with Gasteiger partial charge in [0.1, 0.15) is 18.4 Å². The molecule has 14 heteroatoms. The molecule has 1 fully saturated rings. The van der Waals surface area contributed by atoms with Crippen LogP contribution in [0.25, 0.3) is 0 Å². The molecule has 2 aromatic rings. The van der Waals surface area contributed by atoms with Gasteiger partial charge >= 0.3 is 18.2 Å². The summed E-state index contributed by atoms with van der Waals surface area (Å²) in [6.45, 7) is 10.5. The molecule has 3 amide bonds. The Hall–Kier alpha value is -4.36.